The second kappa shape index (κ2) is 13.0. The number of hydrogen-bond acceptors (Lipinski definition) is 6. The summed E-state index contributed by atoms with van der Waals surface area (Å²) >= 11 is 0. The minimum Gasteiger partial charge on any atom is -0.467 e. The minimum atomic E-state index is -1.03. The number of alkyl halides is 2. The number of ketones is 2. The van der Waals surface area contributed by atoms with E-state index < -0.39 is 37.6 Å². The first-order valence-corrected chi connectivity index (χ1v) is 11.8. The summed E-state index contributed by atoms with van der Waals surface area (Å²) in [7, 11) is 0. The van der Waals surface area contributed by atoms with Gasteiger partial charge in [-0.2, -0.15) is 0 Å². The number of Topliss-reactive ketones (excluding diaryl/α,β-unsaturated/α-hetero) is 2. The molecule has 194 valence electrons. The number of aliphatic hydroxyl groups excluding tert-OH is 1. The van der Waals surface area contributed by atoms with Gasteiger partial charge in [0.2, 0.25) is 5.90 Å². The predicted octanol–water partition coefficient (Wildman–Crippen LogP) is 4.96. The van der Waals surface area contributed by atoms with Crippen LogP contribution in [0.15, 0.2) is 83.9 Å². The largest absolute Gasteiger partial charge is 0.467 e. The summed E-state index contributed by atoms with van der Waals surface area (Å²) < 4.78 is 31.3. The summed E-state index contributed by atoms with van der Waals surface area (Å²) in [5, 5.41) is 9.57. The molecule has 1 aliphatic rings. The number of carbonyl (C=O) groups is 2. The summed E-state index contributed by atoms with van der Waals surface area (Å²) in [6, 6.07) is 21.4. The van der Waals surface area contributed by atoms with Crippen molar-refractivity contribution in [2.45, 2.75) is 38.1 Å². The smallest absolute Gasteiger partial charge is 0.217 e. The highest BCUT2D eigenvalue weighted by molar-refractivity contribution is 5.96. The molecule has 0 aromatic heterocycles. The number of halogens is 2. The average molecular weight is 509 g/mol. The minimum absolute atomic E-state index is 0.00200. The van der Waals surface area contributed by atoms with Crippen molar-refractivity contribution in [2.24, 2.45) is 10.7 Å². The third-order valence-electron chi connectivity index (χ3n) is 5.94. The second-order valence-electron chi connectivity index (χ2n) is 8.68. The molecule has 1 aliphatic heterocycles. The summed E-state index contributed by atoms with van der Waals surface area (Å²) in [5.41, 5.74) is 8.71. The molecule has 0 saturated carbocycles. The summed E-state index contributed by atoms with van der Waals surface area (Å²) in [6.45, 7) is 1.60. The first-order chi connectivity index (χ1) is 17.7. The molecule has 3 aromatic carbocycles. The van der Waals surface area contributed by atoms with Gasteiger partial charge < -0.3 is 15.6 Å². The van der Waals surface area contributed by atoms with E-state index in [2.05, 4.69) is 4.99 Å². The van der Waals surface area contributed by atoms with Gasteiger partial charge in [-0.1, -0.05) is 66.7 Å². The lowest BCUT2D eigenvalue weighted by molar-refractivity contribution is 0.100. The fourth-order valence-corrected chi connectivity index (χ4v) is 3.73. The third-order valence-corrected chi connectivity index (χ3v) is 5.94. The highest BCUT2D eigenvalue weighted by atomic mass is 19.1. The Kier molecular flexibility index (Phi) is 9.77. The quantitative estimate of drug-likeness (QED) is 0.419. The highest BCUT2D eigenvalue weighted by Crippen LogP contribution is 2.31. The van der Waals surface area contributed by atoms with Crippen molar-refractivity contribution >= 4 is 17.5 Å². The number of aliphatic hydroxyl groups is 1. The van der Waals surface area contributed by atoms with E-state index in [1.54, 1.807) is 48.5 Å². The molecular weight excluding hydrogens is 478 g/mol. The maximum absolute atomic E-state index is 13.3. The third kappa shape index (κ3) is 7.15. The van der Waals surface area contributed by atoms with Gasteiger partial charge in [-0.05, 0) is 37.1 Å². The van der Waals surface area contributed by atoms with Crippen LogP contribution < -0.4 is 5.73 Å². The van der Waals surface area contributed by atoms with Crippen molar-refractivity contribution in [3.63, 3.8) is 0 Å². The molecule has 3 aromatic rings. The van der Waals surface area contributed by atoms with Gasteiger partial charge in [0, 0.05) is 16.7 Å². The Hall–Kier alpha value is -3.75. The summed E-state index contributed by atoms with van der Waals surface area (Å²) in [6.07, 6.45) is -1.49. The number of rotatable bonds is 8. The molecule has 0 radical (unpaired) electrons. The van der Waals surface area contributed by atoms with Crippen molar-refractivity contribution in [3.05, 3.63) is 107 Å². The Balaban J connectivity index is 0.000000222. The van der Waals surface area contributed by atoms with Gasteiger partial charge in [-0.15, -0.1) is 0 Å². The Morgan fingerprint density at radius 3 is 1.95 bits per heavy atom. The highest BCUT2D eigenvalue weighted by Gasteiger charge is 2.33. The number of benzene rings is 3. The SMILES string of the molecule is CC(=O)c1ccc([C@@H](O)[C@H](N)CF)cc1.CC(=O)c1ccc([C@H]2OC(c3ccccc3)=N[C@@H]2CF)cc1. The van der Waals surface area contributed by atoms with Crippen molar-refractivity contribution in [3.8, 4) is 0 Å². The number of ether oxygens (including phenoxy) is 1. The molecule has 4 rings (SSSR count). The Morgan fingerprint density at radius 1 is 0.919 bits per heavy atom. The van der Waals surface area contributed by atoms with Crippen LogP contribution in [0.5, 0.6) is 0 Å². The zero-order valence-electron chi connectivity index (χ0n) is 20.7. The van der Waals surface area contributed by atoms with E-state index in [0.29, 0.717) is 22.6 Å². The van der Waals surface area contributed by atoms with Crippen molar-refractivity contribution in [1.29, 1.82) is 0 Å². The monoisotopic (exact) mass is 508 g/mol. The fourth-order valence-electron chi connectivity index (χ4n) is 3.73. The van der Waals surface area contributed by atoms with E-state index in [0.717, 1.165) is 11.1 Å². The Bertz CT molecular complexity index is 1210. The lowest BCUT2D eigenvalue weighted by Gasteiger charge is -2.16. The van der Waals surface area contributed by atoms with Crippen molar-refractivity contribution in [1.82, 2.24) is 0 Å². The molecule has 4 atom stereocenters. The van der Waals surface area contributed by atoms with Gasteiger partial charge in [-0.3, -0.25) is 9.59 Å². The van der Waals surface area contributed by atoms with Gasteiger partial charge in [0.15, 0.2) is 17.7 Å². The first-order valence-electron chi connectivity index (χ1n) is 11.8. The van der Waals surface area contributed by atoms with E-state index >= 15 is 0 Å². The van der Waals surface area contributed by atoms with E-state index in [-0.39, 0.29) is 11.6 Å². The zero-order chi connectivity index (χ0) is 26.9. The molecular formula is C29H30F2N2O4. The van der Waals surface area contributed by atoms with Gasteiger partial charge in [0.25, 0.3) is 0 Å². The van der Waals surface area contributed by atoms with Crippen LogP contribution in [0.25, 0.3) is 0 Å². The molecule has 0 fully saturated rings. The van der Waals surface area contributed by atoms with Gasteiger partial charge in [-0.25, -0.2) is 13.8 Å². The molecule has 0 bridgehead atoms. The number of hydrogen-bond donors (Lipinski definition) is 2. The zero-order valence-corrected chi connectivity index (χ0v) is 20.7. The van der Waals surface area contributed by atoms with Gasteiger partial charge in [0.05, 0.1) is 12.1 Å². The molecule has 0 amide bonds. The molecule has 0 saturated heterocycles. The van der Waals surface area contributed by atoms with Crippen molar-refractivity contribution in [2.75, 3.05) is 13.3 Å². The fraction of sp³-hybridized carbons (Fsp3) is 0.276. The van der Waals surface area contributed by atoms with Crippen LogP contribution in [0.2, 0.25) is 0 Å². The van der Waals surface area contributed by atoms with Crippen LogP contribution in [-0.4, -0.2) is 48.0 Å². The van der Waals surface area contributed by atoms with Crippen LogP contribution in [0, 0.1) is 0 Å². The van der Waals surface area contributed by atoms with E-state index in [1.807, 2.05) is 30.3 Å². The van der Waals surface area contributed by atoms with Crippen LogP contribution >= 0.6 is 0 Å². The topological polar surface area (TPSA) is 102 Å². The van der Waals surface area contributed by atoms with Gasteiger partial charge >= 0.3 is 0 Å². The van der Waals surface area contributed by atoms with E-state index in [9.17, 15) is 23.5 Å². The number of nitrogens with zero attached hydrogens (tertiary/aromatic N) is 1. The van der Waals surface area contributed by atoms with Crippen molar-refractivity contribution < 1.29 is 28.2 Å². The molecule has 3 N–H and O–H groups in total. The molecule has 1 heterocycles. The molecule has 0 spiro atoms. The normalized spacial score (nSPS) is 18.1. The Morgan fingerprint density at radius 2 is 1.46 bits per heavy atom. The number of aliphatic imine (C=N–C) groups is 1. The van der Waals surface area contributed by atoms with Crippen LogP contribution in [0.3, 0.4) is 0 Å². The molecule has 8 heteroatoms. The molecule has 0 unspecified atom stereocenters. The molecule has 6 nitrogen and oxygen atoms in total. The lowest BCUT2D eigenvalue weighted by atomic mass is 10.0. The molecule has 37 heavy (non-hydrogen) atoms. The summed E-state index contributed by atoms with van der Waals surface area (Å²) in [5.74, 6) is 0.414. The van der Waals surface area contributed by atoms with Crippen LogP contribution in [-0.2, 0) is 4.74 Å². The van der Waals surface area contributed by atoms with E-state index in [1.165, 1.54) is 13.8 Å². The van der Waals surface area contributed by atoms with Gasteiger partial charge in [0.1, 0.15) is 19.4 Å². The number of nitrogens with two attached hydrogens (primary N) is 1. The maximum atomic E-state index is 13.3. The standard InChI is InChI=1S/C18H16FNO2.C11H14FNO2/c1-12(21)13-7-9-14(10-8-13)17-16(11-19)20-18(22-17)15-5-3-2-4-6-15;1-7(14)8-2-4-9(5-3-8)11(15)10(13)6-12/h2-10,16-17H,11H2,1H3;2-5,10-11,15H,6,13H2,1H3/t16-,17-;10-,11-/m11/s1. The Labute approximate surface area is 214 Å². The maximum Gasteiger partial charge on any atom is 0.217 e. The van der Waals surface area contributed by atoms with E-state index in [4.69, 9.17) is 10.5 Å². The van der Waals surface area contributed by atoms with Crippen LogP contribution in [0.1, 0.15) is 63.5 Å². The predicted molar refractivity (Wildman–Crippen MR) is 138 cm³/mol. The van der Waals surface area contributed by atoms with Crippen LogP contribution in [0.4, 0.5) is 8.78 Å². The molecule has 0 aliphatic carbocycles. The average Bonchev–Trinajstić information content (AvgIpc) is 3.38. The first kappa shape index (κ1) is 27.8. The lowest BCUT2D eigenvalue weighted by Crippen LogP contribution is -2.30. The second-order valence-corrected chi connectivity index (χ2v) is 8.68. The number of carbonyl (C=O) groups excluding carboxylic acids is 2. The summed E-state index contributed by atoms with van der Waals surface area (Å²) in [4.78, 5) is 26.6.